The molecule has 0 aliphatic carbocycles. The van der Waals surface area contributed by atoms with Gasteiger partial charge in [-0.1, -0.05) is 32.9 Å². The van der Waals surface area contributed by atoms with E-state index in [1.165, 1.54) is 5.56 Å². The molecule has 0 unspecified atom stereocenters. The summed E-state index contributed by atoms with van der Waals surface area (Å²) in [6.45, 7) is 7.57. The summed E-state index contributed by atoms with van der Waals surface area (Å²) in [6, 6.07) is 14.1. The maximum absolute atomic E-state index is 12.0. The molecule has 2 heterocycles. The number of aryl methyl sites for hydroxylation is 1. The highest BCUT2D eigenvalue weighted by Gasteiger charge is 2.22. The second-order valence-corrected chi connectivity index (χ2v) is 7.08. The number of nitrogens with zero attached hydrogens (tertiary/aromatic N) is 1. The van der Waals surface area contributed by atoms with E-state index in [-0.39, 0.29) is 5.63 Å². The van der Waals surface area contributed by atoms with Crippen LogP contribution >= 0.6 is 0 Å². The first-order valence-electron chi connectivity index (χ1n) is 9.13. The zero-order valence-electron chi connectivity index (χ0n) is 15.4. The molecule has 0 fully saturated rings. The highest BCUT2D eigenvalue weighted by Crippen LogP contribution is 2.35. The lowest BCUT2D eigenvalue weighted by Gasteiger charge is -2.31. The van der Waals surface area contributed by atoms with Crippen molar-refractivity contribution in [3.8, 4) is 5.75 Å². The average molecular weight is 349 g/mol. The molecular formula is C22H23NO3. The number of fused-ring (bicyclic) bond motifs is 3. The molecule has 134 valence electrons. The first kappa shape index (κ1) is 16.7. The lowest BCUT2D eigenvalue weighted by molar-refractivity contribution is 0.289. The van der Waals surface area contributed by atoms with Gasteiger partial charge < -0.3 is 14.1 Å². The SMILES string of the molecule is CCc1cc(=O)oc2c3c(ccc12)OCN(c1ccc(C(C)C)cc1)C3. The van der Waals surface area contributed by atoms with E-state index in [2.05, 4.69) is 43.0 Å². The van der Waals surface area contributed by atoms with Crippen LogP contribution in [0.15, 0.2) is 51.7 Å². The molecule has 1 aliphatic heterocycles. The third-order valence-corrected chi connectivity index (χ3v) is 5.09. The molecule has 0 saturated carbocycles. The van der Waals surface area contributed by atoms with Crippen molar-refractivity contribution in [3.05, 3.63) is 69.6 Å². The van der Waals surface area contributed by atoms with Crippen LogP contribution in [0.3, 0.4) is 0 Å². The zero-order chi connectivity index (χ0) is 18.3. The Morgan fingerprint density at radius 2 is 1.88 bits per heavy atom. The Morgan fingerprint density at radius 3 is 2.58 bits per heavy atom. The number of hydrogen-bond donors (Lipinski definition) is 0. The van der Waals surface area contributed by atoms with E-state index in [0.717, 1.165) is 34.4 Å². The van der Waals surface area contributed by atoms with Gasteiger partial charge in [0.2, 0.25) is 0 Å². The predicted molar refractivity (Wildman–Crippen MR) is 104 cm³/mol. The quantitative estimate of drug-likeness (QED) is 0.635. The van der Waals surface area contributed by atoms with Gasteiger partial charge in [0.25, 0.3) is 0 Å². The van der Waals surface area contributed by atoms with Gasteiger partial charge >= 0.3 is 5.63 Å². The summed E-state index contributed by atoms with van der Waals surface area (Å²) in [5.74, 6) is 1.30. The Hall–Kier alpha value is -2.75. The number of rotatable bonds is 3. The zero-order valence-corrected chi connectivity index (χ0v) is 15.4. The summed E-state index contributed by atoms with van der Waals surface area (Å²) in [4.78, 5) is 14.1. The van der Waals surface area contributed by atoms with Crippen molar-refractivity contribution in [2.24, 2.45) is 0 Å². The van der Waals surface area contributed by atoms with Crippen LogP contribution in [0.2, 0.25) is 0 Å². The van der Waals surface area contributed by atoms with Gasteiger partial charge in [-0.05, 0) is 47.7 Å². The van der Waals surface area contributed by atoms with Crippen molar-refractivity contribution in [3.63, 3.8) is 0 Å². The normalized spacial score (nSPS) is 13.8. The van der Waals surface area contributed by atoms with Crippen LogP contribution in [0.5, 0.6) is 5.75 Å². The molecule has 0 spiro atoms. The maximum atomic E-state index is 12.0. The molecule has 4 nitrogen and oxygen atoms in total. The number of hydrogen-bond acceptors (Lipinski definition) is 4. The van der Waals surface area contributed by atoms with Crippen molar-refractivity contribution in [2.45, 2.75) is 39.7 Å². The monoisotopic (exact) mass is 349 g/mol. The Balaban J connectivity index is 1.75. The van der Waals surface area contributed by atoms with E-state index in [1.54, 1.807) is 6.07 Å². The van der Waals surface area contributed by atoms with Crippen LogP contribution in [0, 0.1) is 0 Å². The third-order valence-electron chi connectivity index (χ3n) is 5.09. The molecule has 1 aromatic heterocycles. The molecule has 0 bridgehead atoms. The molecule has 3 aromatic rings. The van der Waals surface area contributed by atoms with E-state index in [4.69, 9.17) is 9.15 Å². The van der Waals surface area contributed by atoms with Gasteiger partial charge in [0.15, 0.2) is 6.73 Å². The highest BCUT2D eigenvalue weighted by molar-refractivity contribution is 5.85. The lowest BCUT2D eigenvalue weighted by Crippen LogP contribution is -2.32. The van der Waals surface area contributed by atoms with Crippen LogP contribution < -0.4 is 15.3 Å². The molecule has 0 amide bonds. The summed E-state index contributed by atoms with van der Waals surface area (Å²) in [7, 11) is 0. The van der Waals surface area contributed by atoms with Gasteiger partial charge in [0, 0.05) is 17.1 Å². The van der Waals surface area contributed by atoms with Crippen LogP contribution in [0.25, 0.3) is 11.0 Å². The smallest absolute Gasteiger partial charge is 0.336 e. The first-order chi connectivity index (χ1) is 12.6. The first-order valence-corrected chi connectivity index (χ1v) is 9.13. The topological polar surface area (TPSA) is 42.7 Å². The fraction of sp³-hybridized carbons (Fsp3) is 0.318. The highest BCUT2D eigenvalue weighted by atomic mass is 16.5. The van der Waals surface area contributed by atoms with Gasteiger partial charge in [-0.3, -0.25) is 0 Å². The van der Waals surface area contributed by atoms with E-state index >= 15 is 0 Å². The third kappa shape index (κ3) is 2.85. The Labute approximate surface area is 153 Å². The number of benzene rings is 2. The van der Waals surface area contributed by atoms with Crippen molar-refractivity contribution in [1.82, 2.24) is 0 Å². The standard InChI is InChI=1S/C22H23NO3/c1-4-15-11-21(24)26-22-18(15)9-10-20-19(22)12-23(13-25-20)17-7-5-16(6-8-17)14(2)3/h5-11,14H,4,12-13H2,1-3H3. The Bertz CT molecular complexity index is 1000. The largest absolute Gasteiger partial charge is 0.473 e. The van der Waals surface area contributed by atoms with Gasteiger partial charge in [0.05, 0.1) is 12.1 Å². The molecule has 0 atom stereocenters. The maximum Gasteiger partial charge on any atom is 0.336 e. The van der Waals surface area contributed by atoms with Crippen molar-refractivity contribution >= 4 is 16.7 Å². The summed E-state index contributed by atoms with van der Waals surface area (Å²) in [6.07, 6.45) is 0.794. The summed E-state index contributed by atoms with van der Waals surface area (Å²) in [5, 5.41) is 0.992. The molecule has 26 heavy (non-hydrogen) atoms. The van der Waals surface area contributed by atoms with Crippen LogP contribution in [0.1, 0.15) is 43.4 Å². The lowest BCUT2D eigenvalue weighted by atomic mass is 10.0. The minimum absolute atomic E-state index is 0.304. The fourth-order valence-corrected chi connectivity index (χ4v) is 3.53. The summed E-state index contributed by atoms with van der Waals surface area (Å²) in [5.41, 5.74) is 4.71. The van der Waals surface area contributed by atoms with Crippen molar-refractivity contribution in [2.75, 3.05) is 11.6 Å². The fourth-order valence-electron chi connectivity index (χ4n) is 3.53. The molecule has 0 saturated heterocycles. The van der Waals surface area contributed by atoms with E-state index < -0.39 is 0 Å². The van der Waals surface area contributed by atoms with Crippen molar-refractivity contribution in [1.29, 1.82) is 0 Å². The van der Waals surface area contributed by atoms with E-state index in [1.807, 2.05) is 19.1 Å². The minimum atomic E-state index is -0.304. The number of ether oxygens (including phenoxy) is 1. The van der Waals surface area contributed by atoms with Crippen LogP contribution in [-0.2, 0) is 13.0 Å². The molecule has 4 rings (SSSR count). The van der Waals surface area contributed by atoms with Crippen molar-refractivity contribution < 1.29 is 9.15 Å². The molecule has 0 radical (unpaired) electrons. The van der Waals surface area contributed by atoms with Crippen LogP contribution in [-0.4, -0.2) is 6.73 Å². The molecule has 1 aliphatic rings. The molecule has 0 N–H and O–H groups in total. The second kappa shape index (κ2) is 6.52. The van der Waals surface area contributed by atoms with Gasteiger partial charge in [0.1, 0.15) is 11.3 Å². The van der Waals surface area contributed by atoms with Gasteiger partial charge in [-0.2, -0.15) is 0 Å². The Morgan fingerprint density at radius 1 is 1.12 bits per heavy atom. The predicted octanol–water partition coefficient (Wildman–Crippen LogP) is 4.84. The molecule has 4 heteroatoms. The van der Waals surface area contributed by atoms with Crippen LogP contribution in [0.4, 0.5) is 5.69 Å². The van der Waals surface area contributed by atoms with E-state index in [9.17, 15) is 4.79 Å². The van der Waals surface area contributed by atoms with E-state index in [0.29, 0.717) is 24.8 Å². The summed E-state index contributed by atoms with van der Waals surface area (Å²) >= 11 is 0. The Kier molecular flexibility index (Phi) is 4.19. The van der Waals surface area contributed by atoms with Gasteiger partial charge in [-0.15, -0.1) is 0 Å². The minimum Gasteiger partial charge on any atom is -0.473 e. The van der Waals surface area contributed by atoms with Gasteiger partial charge in [-0.25, -0.2) is 4.79 Å². The summed E-state index contributed by atoms with van der Waals surface area (Å²) < 4.78 is 11.5. The second-order valence-electron chi connectivity index (χ2n) is 7.08. The average Bonchev–Trinajstić information content (AvgIpc) is 2.66. The molecular weight excluding hydrogens is 326 g/mol. The molecule has 2 aromatic carbocycles. The number of anilines is 1.